The molecule has 0 radical (unpaired) electrons. The standard InChI is InChI=1S/C25H27N5O4/c1-5-12-29-22(14-30-25(29)26-16-27-30)20-11-10-19(13-17(20)2)34-15-18-8-6-7-9-21(18)23(28-33-4)24(31)32-3/h6-11,13-14,16H,5,12,15H2,1-4H3/b28-23-. The monoisotopic (exact) mass is 461 g/mol. The third-order valence-electron chi connectivity index (χ3n) is 5.48. The molecule has 2 heterocycles. The third kappa shape index (κ3) is 4.50. The Kier molecular flexibility index (Phi) is 6.91. The first kappa shape index (κ1) is 23.0. The summed E-state index contributed by atoms with van der Waals surface area (Å²) < 4.78 is 14.9. The Bertz CT molecular complexity index is 1340. The smallest absolute Gasteiger partial charge is 0.360 e. The first-order chi connectivity index (χ1) is 16.6. The van der Waals surface area contributed by atoms with Gasteiger partial charge < -0.3 is 18.9 Å². The van der Waals surface area contributed by atoms with Crippen LogP contribution < -0.4 is 4.74 Å². The van der Waals surface area contributed by atoms with Gasteiger partial charge >= 0.3 is 5.97 Å². The van der Waals surface area contributed by atoms with Crippen LogP contribution in [0, 0.1) is 6.92 Å². The number of hydrogen-bond acceptors (Lipinski definition) is 7. The molecule has 9 nitrogen and oxygen atoms in total. The highest BCUT2D eigenvalue weighted by Crippen LogP contribution is 2.29. The van der Waals surface area contributed by atoms with Gasteiger partial charge in [0.25, 0.3) is 0 Å². The lowest BCUT2D eigenvalue weighted by atomic mass is 10.0. The summed E-state index contributed by atoms with van der Waals surface area (Å²) in [4.78, 5) is 21.4. The van der Waals surface area contributed by atoms with Gasteiger partial charge in [-0.1, -0.05) is 36.3 Å². The van der Waals surface area contributed by atoms with Crippen LogP contribution in [0.25, 0.3) is 17.0 Å². The number of fused-ring (bicyclic) bond motifs is 1. The maximum Gasteiger partial charge on any atom is 0.360 e. The van der Waals surface area contributed by atoms with Crippen molar-refractivity contribution in [3.8, 4) is 17.0 Å². The maximum absolute atomic E-state index is 12.2. The number of rotatable bonds is 9. The second-order valence-electron chi connectivity index (χ2n) is 7.71. The van der Waals surface area contributed by atoms with Crippen molar-refractivity contribution in [1.82, 2.24) is 19.2 Å². The van der Waals surface area contributed by atoms with Crippen LogP contribution in [0.2, 0.25) is 0 Å². The van der Waals surface area contributed by atoms with Gasteiger partial charge in [-0.2, -0.15) is 10.1 Å². The van der Waals surface area contributed by atoms with Crippen LogP contribution >= 0.6 is 0 Å². The molecule has 0 aliphatic carbocycles. The minimum absolute atomic E-state index is 0.0889. The Hall–Kier alpha value is -4.14. The van der Waals surface area contributed by atoms with E-state index in [1.807, 2.05) is 42.6 Å². The zero-order valence-electron chi connectivity index (χ0n) is 19.7. The van der Waals surface area contributed by atoms with Crippen molar-refractivity contribution in [3.05, 3.63) is 71.7 Å². The van der Waals surface area contributed by atoms with Crippen LogP contribution in [0.3, 0.4) is 0 Å². The summed E-state index contributed by atoms with van der Waals surface area (Å²) in [7, 11) is 2.69. The quantitative estimate of drug-likeness (QED) is 0.212. The van der Waals surface area contributed by atoms with Gasteiger partial charge in [-0.3, -0.25) is 0 Å². The number of imidazole rings is 1. The number of carbonyl (C=O) groups excluding carboxylic acids is 1. The molecular weight excluding hydrogens is 434 g/mol. The Morgan fingerprint density at radius 2 is 1.97 bits per heavy atom. The minimum atomic E-state index is -0.578. The molecule has 0 aliphatic heterocycles. The van der Waals surface area contributed by atoms with Crippen LogP contribution in [0.5, 0.6) is 5.75 Å². The summed E-state index contributed by atoms with van der Waals surface area (Å²) >= 11 is 0. The SMILES string of the molecule is CCCn1c(-c2ccc(OCc3ccccc3/C(=N/OC)C(=O)OC)cc2C)cn2ncnc12. The van der Waals surface area contributed by atoms with Crippen molar-refractivity contribution in [2.75, 3.05) is 14.2 Å². The van der Waals surface area contributed by atoms with Gasteiger partial charge in [-0.05, 0) is 42.7 Å². The average molecular weight is 462 g/mol. The number of esters is 1. The molecule has 0 N–H and O–H groups in total. The van der Waals surface area contributed by atoms with Crippen molar-refractivity contribution in [2.45, 2.75) is 33.4 Å². The molecule has 0 atom stereocenters. The first-order valence-corrected chi connectivity index (χ1v) is 11.0. The highest BCUT2D eigenvalue weighted by molar-refractivity contribution is 6.43. The summed E-state index contributed by atoms with van der Waals surface area (Å²) in [6.07, 6.45) is 4.56. The normalized spacial score (nSPS) is 11.6. The average Bonchev–Trinajstić information content (AvgIpc) is 3.44. The molecule has 0 aliphatic rings. The van der Waals surface area contributed by atoms with Crippen LogP contribution in [0.4, 0.5) is 0 Å². The molecule has 0 spiro atoms. The fraction of sp³-hybridized carbons (Fsp3) is 0.280. The molecule has 2 aromatic heterocycles. The maximum atomic E-state index is 12.2. The molecule has 9 heteroatoms. The lowest BCUT2D eigenvalue weighted by Gasteiger charge is -2.14. The number of ether oxygens (including phenoxy) is 2. The number of benzene rings is 2. The van der Waals surface area contributed by atoms with Gasteiger partial charge in [0, 0.05) is 17.7 Å². The molecule has 0 saturated carbocycles. The van der Waals surface area contributed by atoms with Crippen LogP contribution in [-0.2, 0) is 27.5 Å². The second-order valence-corrected chi connectivity index (χ2v) is 7.71. The van der Waals surface area contributed by atoms with E-state index in [9.17, 15) is 4.79 Å². The molecule has 0 fully saturated rings. The van der Waals surface area contributed by atoms with E-state index in [0.29, 0.717) is 5.56 Å². The molecule has 34 heavy (non-hydrogen) atoms. The summed E-state index contributed by atoms with van der Waals surface area (Å²) in [5, 5.41) is 8.13. The molecule has 0 saturated heterocycles. The summed E-state index contributed by atoms with van der Waals surface area (Å²) in [5.41, 5.74) is 4.69. The van der Waals surface area contributed by atoms with E-state index in [4.69, 9.17) is 14.3 Å². The van der Waals surface area contributed by atoms with Crippen molar-refractivity contribution in [2.24, 2.45) is 5.16 Å². The summed E-state index contributed by atoms with van der Waals surface area (Å²) in [5.74, 6) is 0.966. The molecule has 4 aromatic rings. The van der Waals surface area contributed by atoms with Gasteiger partial charge in [-0.25, -0.2) is 9.31 Å². The molecule has 4 rings (SSSR count). The second kappa shape index (κ2) is 10.2. The predicted octanol–water partition coefficient (Wildman–Crippen LogP) is 4.02. The number of aromatic nitrogens is 4. The fourth-order valence-corrected chi connectivity index (χ4v) is 3.92. The van der Waals surface area contributed by atoms with Crippen molar-refractivity contribution < 1.29 is 19.1 Å². The van der Waals surface area contributed by atoms with Crippen LogP contribution in [0.1, 0.15) is 30.0 Å². The topological polar surface area (TPSA) is 92.2 Å². The highest BCUT2D eigenvalue weighted by atomic mass is 16.6. The Morgan fingerprint density at radius 1 is 1.15 bits per heavy atom. The van der Waals surface area contributed by atoms with E-state index >= 15 is 0 Å². The van der Waals surface area contributed by atoms with E-state index in [1.165, 1.54) is 14.2 Å². The largest absolute Gasteiger partial charge is 0.489 e. The Labute approximate surface area is 197 Å². The van der Waals surface area contributed by atoms with E-state index in [2.05, 4.69) is 33.7 Å². The molecule has 176 valence electrons. The first-order valence-electron chi connectivity index (χ1n) is 11.0. The number of oxime groups is 1. The predicted molar refractivity (Wildman–Crippen MR) is 128 cm³/mol. The molecule has 0 amide bonds. The van der Waals surface area contributed by atoms with Gasteiger partial charge in [0.05, 0.1) is 19.0 Å². The number of hydrogen-bond donors (Lipinski definition) is 0. The zero-order valence-corrected chi connectivity index (χ0v) is 19.7. The summed E-state index contributed by atoms with van der Waals surface area (Å²) in [6, 6.07) is 13.4. The molecule has 2 aromatic carbocycles. The molecule has 0 bridgehead atoms. The van der Waals surface area contributed by atoms with E-state index in [-0.39, 0.29) is 12.3 Å². The Morgan fingerprint density at radius 3 is 2.71 bits per heavy atom. The number of aryl methyl sites for hydroxylation is 2. The molecule has 0 unspecified atom stereocenters. The molecular formula is C25H27N5O4. The van der Waals surface area contributed by atoms with Crippen molar-refractivity contribution >= 4 is 17.5 Å². The zero-order chi connectivity index (χ0) is 24.1. The van der Waals surface area contributed by atoms with Gasteiger partial charge in [0.15, 0.2) is 5.71 Å². The fourth-order valence-electron chi connectivity index (χ4n) is 3.92. The lowest BCUT2D eigenvalue weighted by molar-refractivity contribution is -0.132. The number of methoxy groups -OCH3 is 1. The highest BCUT2D eigenvalue weighted by Gasteiger charge is 2.19. The van der Waals surface area contributed by atoms with Crippen LogP contribution in [-0.4, -0.2) is 45.1 Å². The number of nitrogens with zero attached hydrogens (tertiary/aromatic N) is 5. The van der Waals surface area contributed by atoms with Crippen molar-refractivity contribution in [1.29, 1.82) is 0 Å². The summed E-state index contributed by atoms with van der Waals surface area (Å²) in [6.45, 7) is 5.29. The van der Waals surface area contributed by atoms with E-state index in [0.717, 1.165) is 46.9 Å². The minimum Gasteiger partial charge on any atom is -0.489 e. The Balaban J connectivity index is 1.59. The van der Waals surface area contributed by atoms with Crippen LogP contribution in [0.15, 0.2) is 60.1 Å². The van der Waals surface area contributed by atoms with E-state index < -0.39 is 5.97 Å². The third-order valence-corrected chi connectivity index (χ3v) is 5.48. The number of carbonyl (C=O) groups is 1. The lowest BCUT2D eigenvalue weighted by Crippen LogP contribution is -2.19. The van der Waals surface area contributed by atoms with Crippen molar-refractivity contribution in [3.63, 3.8) is 0 Å². The van der Waals surface area contributed by atoms with E-state index in [1.54, 1.807) is 16.9 Å². The van der Waals surface area contributed by atoms with Gasteiger partial charge in [0.2, 0.25) is 5.78 Å². The van der Waals surface area contributed by atoms with Gasteiger partial charge in [0.1, 0.15) is 25.8 Å². The van der Waals surface area contributed by atoms with Gasteiger partial charge in [-0.15, -0.1) is 0 Å².